The minimum absolute atomic E-state index is 0.0155. The number of amides is 3. The predicted octanol–water partition coefficient (Wildman–Crippen LogP) is -1.58. The second kappa shape index (κ2) is 7.99. The third-order valence-electron chi connectivity index (χ3n) is 5.50. The third kappa shape index (κ3) is 4.34. The van der Waals surface area contributed by atoms with Gasteiger partial charge >= 0.3 is 16.4 Å². The van der Waals surface area contributed by atoms with Gasteiger partial charge in [0.05, 0.1) is 19.0 Å². The zero-order valence-corrected chi connectivity index (χ0v) is 16.7. The summed E-state index contributed by atoms with van der Waals surface area (Å²) in [5, 5.41) is 3.89. The number of nitrogens with one attached hydrogen (secondary N) is 2. The quantitative estimate of drug-likeness (QED) is 0.282. The van der Waals surface area contributed by atoms with Crippen LogP contribution in [0.4, 0.5) is 10.6 Å². The van der Waals surface area contributed by atoms with Crippen LogP contribution >= 0.6 is 0 Å². The van der Waals surface area contributed by atoms with E-state index in [-0.39, 0.29) is 25.2 Å². The van der Waals surface area contributed by atoms with Crippen molar-refractivity contribution in [2.45, 2.75) is 43.4 Å². The van der Waals surface area contributed by atoms with Gasteiger partial charge in [0.2, 0.25) is 0 Å². The average molecular weight is 445 g/mol. The van der Waals surface area contributed by atoms with Crippen molar-refractivity contribution in [3.63, 3.8) is 0 Å². The largest absolute Gasteiger partial charge is 0.418 e. The molecule has 4 rings (SSSR count). The Bertz CT molecular complexity index is 922. The van der Waals surface area contributed by atoms with Gasteiger partial charge in [0.25, 0.3) is 5.91 Å². The predicted molar refractivity (Wildman–Crippen MR) is 99.6 cm³/mol. The number of urea groups is 1. The summed E-state index contributed by atoms with van der Waals surface area (Å²) < 4.78 is 36.9. The zero-order chi connectivity index (χ0) is 21.5. The van der Waals surface area contributed by atoms with Gasteiger partial charge in [0.15, 0.2) is 0 Å². The molecule has 1 aromatic heterocycles. The van der Waals surface area contributed by atoms with Crippen LogP contribution in [0.3, 0.4) is 0 Å². The maximum absolute atomic E-state index is 12.5. The van der Waals surface area contributed by atoms with Crippen molar-refractivity contribution in [3.05, 3.63) is 12.5 Å². The number of nitrogen functional groups attached to an aromatic ring is 1. The molecule has 15 heteroatoms. The topological polar surface area (TPSA) is 181 Å². The number of hydrogen-bond acceptors (Lipinski definition) is 9. The number of hydroxylamine groups is 3. The van der Waals surface area contributed by atoms with Crippen molar-refractivity contribution in [2.75, 3.05) is 25.4 Å². The highest BCUT2D eigenvalue weighted by Crippen LogP contribution is 2.30. The summed E-state index contributed by atoms with van der Waals surface area (Å²) in [5.74, 6) is -0.0545. The monoisotopic (exact) mass is 445 g/mol. The van der Waals surface area contributed by atoms with Gasteiger partial charge in [-0.3, -0.25) is 14.2 Å². The van der Waals surface area contributed by atoms with E-state index >= 15 is 0 Å². The lowest BCUT2D eigenvalue weighted by Crippen LogP contribution is -2.50. The molecule has 0 radical (unpaired) electrons. The van der Waals surface area contributed by atoms with E-state index in [4.69, 9.17) is 15.1 Å². The Hall–Kier alpha value is -2.46. The molecule has 1 aromatic rings. The summed E-state index contributed by atoms with van der Waals surface area (Å²) in [7, 11) is -4.83. The molecule has 0 aliphatic carbocycles. The molecule has 30 heavy (non-hydrogen) atoms. The summed E-state index contributed by atoms with van der Waals surface area (Å²) in [6.45, 7) is 1.06. The van der Waals surface area contributed by atoms with Crippen LogP contribution in [-0.2, 0) is 24.3 Å². The molecule has 2 bridgehead atoms. The number of carbonyl (C=O) groups is 2. The van der Waals surface area contributed by atoms with Gasteiger partial charge in [-0.25, -0.2) is 15.3 Å². The molecule has 4 heterocycles. The van der Waals surface area contributed by atoms with Crippen LogP contribution in [-0.4, -0.2) is 82.2 Å². The number of hydrogen-bond donors (Lipinski definition) is 4. The molecule has 3 amide bonds. The van der Waals surface area contributed by atoms with E-state index in [1.807, 2.05) is 4.57 Å². The van der Waals surface area contributed by atoms with Gasteiger partial charge in [-0.05, 0) is 19.3 Å². The summed E-state index contributed by atoms with van der Waals surface area (Å²) in [6, 6.07) is -1.97. The standard InChI is InChI=1S/C15H23N7O7S/c16-13-6-20(8-18-13)11-3-9(17-4-11)7-28-19-14(23)12-2-1-10-5-21(12)15(24)22(10)29-30(25,26)27/h6,8-12,17H,1-5,7,16H2,(H,19,23)(H,25,26,27)/t9-,10-,11+,12+/m1/s1. The highest BCUT2D eigenvalue weighted by Gasteiger charge is 2.49. The number of imidazole rings is 1. The third-order valence-corrected chi connectivity index (χ3v) is 5.85. The number of aromatic nitrogens is 2. The molecule has 0 spiro atoms. The van der Waals surface area contributed by atoms with Gasteiger partial charge in [0.1, 0.15) is 11.9 Å². The maximum Gasteiger partial charge on any atom is 0.418 e. The fourth-order valence-electron chi connectivity index (χ4n) is 4.09. The molecule has 3 saturated heterocycles. The van der Waals surface area contributed by atoms with E-state index in [2.05, 4.69) is 20.1 Å². The number of piperidine rings is 1. The minimum atomic E-state index is -4.83. The molecular formula is C15H23N7O7S. The van der Waals surface area contributed by atoms with E-state index in [1.54, 1.807) is 12.5 Å². The Labute approximate surface area is 172 Å². The molecule has 166 valence electrons. The first-order valence-corrected chi connectivity index (χ1v) is 10.8. The van der Waals surface area contributed by atoms with Crippen LogP contribution in [0.1, 0.15) is 25.3 Å². The lowest BCUT2D eigenvalue weighted by molar-refractivity contribution is -0.139. The SMILES string of the molecule is Nc1cn([C@@H]2CN[C@@H](CONC(=O)[C@@H]3CC[C@@H]4CN3C(=O)N4OS(=O)(=O)O)C2)cn1. The van der Waals surface area contributed by atoms with Crippen molar-refractivity contribution >= 4 is 28.2 Å². The second-order valence-corrected chi connectivity index (χ2v) is 8.53. The van der Waals surface area contributed by atoms with Crippen molar-refractivity contribution < 1.29 is 31.7 Å². The van der Waals surface area contributed by atoms with Gasteiger partial charge < -0.3 is 20.5 Å². The molecule has 4 atom stereocenters. The Balaban J connectivity index is 1.25. The zero-order valence-electron chi connectivity index (χ0n) is 15.9. The molecule has 5 N–H and O–H groups in total. The minimum Gasteiger partial charge on any atom is -0.382 e. The number of anilines is 1. The molecule has 0 aromatic carbocycles. The number of carbonyl (C=O) groups excluding carboxylic acids is 2. The van der Waals surface area contributed by atoms with Crippen LogP contribution in [0, 0.1) is 0 Å². The van der Waals surface area contributed by atoms with Crippen LogP contribution < -0.4 is 16.5 Å². The average Bonchev–Trinajstić information content (AvgIpc) is 3.37. The highest BCUT2D eigenvalue weighted by atomic mass is 32.3. The van der Waals surface area contributed by atoms with Crippen LogP contribution in [0.25, 0.3) is 0 Å². The molecule has 0 saturated carbocycles. The first-order chi connectivity index (χ1) is 14.2. The molecule has 3 aliphatic heterocycles. The maximum atomic E-state index is 12.5. The number of fused-ring (bicyclic) bond motifs is 2. The molecule has 0 unspecified atom stereocenters. The van der Waals surface area contributed by atoms with E-state index in [0.717, 1.165) is 6.42 Å². The van der Waals surface area contributed by atoms with Crippen LogP contribution in [0.15, 0.2) is 12.5 Å². The lowest BCUT2D eigenvalue weighted by Gasteiger charge is -2.29. The first-order valence-electron chi connectivity index (χ1n) is 9.42. The number of nitrogens with zero attached hydrogens (tertiary/aromatic N) is 4. The molecule has 3 fully saturated rings. The van der Waals surface area contributed by atoms with Crippen molar-refractivity contribution in [2.24, 2.45) is 0 Å². The van der Waals surface area contributed by atoms with Crippen LogP contribution in [0.5, 0.6) is 0 Å². The normalized spacial score (nSPS) is 28.9. The second-order valence-electron chi connectivity index (χ2n) is 7.53. The Kier molecular flexibility index (Phi) is 5.54. The fourth-order valence-corrected chi connectivity index (χ4v) is 4.48. The van der Waals surface area contributed by atoms with E-state index in [9.17, 15) is 18.0 Å². The van der Waals surface area contributed by atoms with Gasteiger partial charge in [-0.1, -0.05) is 0 Å². The highest BCUT2D eigenvalue weighted by molar-refractivity contribution is 7.80. The van der Waals surface area contributed by atoms with Crippen molar-refractivity contribution in [3.8, 4) is 0 Å². The van der Waals surface area contributed by atoms with Crippen molar-refractivity contribution in [1.82, 2.24) is 30.3 Å². The summed E-state index contributed by atoms with van der Waals surface area (Å²) in [5.41, 5.74) is 8.00. The van der Waals surface area contributed by atoms with Gasteiger partial charge in [0, 0.05) is 31.4 Å². The Morgan fingerprint density at radius 2 is 2.20 bits per heavy atom. The van der Waals surface area contributed by atoms with Crippen molar-refractivity contribution in [1.29, 1.82) is 0 Å². The summed E-state index contributed by atoms with van der Waals surface area (Å²) in [6.07, 6.45) is 4.85. The number of rotatable bonds is 7. The summed E-state index contributed by atoms with van der Waals surface area (Å²) >= 11 is 0. The van der Waals surface area contributed by atoms with Gasteiger partial charge in [-0.15, -0.1) is 4.28 Å². The first kappa shape index (κ1) is 20.8. The van der Waals surface area contributed by atoms with Gasteiger partial charge in [-0.2, -0.15) is 13.5 Å². The van der Waals surface area contributed by atoms with E-state index in [1.165, 1.54) is 4.90 Å². The molecular weight excluding hydrogens is 422 g/mol. The molecule has 14 nitrogen and oxygen atoms in total. The smallest absolute Gasteiger partial charge is 0.382 e. The van der Waals surface area contributed by atoms with Crippen LogP contribution in [0.2, 0.25) is 0 Å². The van der Waals surface area contributed by atoms with E-state index in [0.29, 0.717) is 30.3 Å². The lowest BCUT2D eigenvalue weighted by atomic mass is 10.0. The Morgan fingerprint density at radius 3 is 2.90 bits per heavy atom. The summed E-state index contributed by atoms with van der Waals surface area (Å²) in [4.78, 5) is 35.4. The van der Waals surface area contributed by atoms with E-state index < -0.39 is 34.4 Å². The molecule has 3 aliphatic rings. The Morgan fingerprint density at radius 1 is 1.40 bits per heavy atom. The number of nitrogens with two attached hydrogens (primary N) is 1. The fraction of sp³-hybridized carbons (Fsp3) is 0.667.